The van der Waals surface area contributed by atoms with Gasteiger partial charge in [0.15, 0.2) is 5.82 Å². The summed E-state index contributed by atoms with van der Waals surface area (Å²) in [6.45, 7) is 4.06. The Morgan fingerprint density at radius 2 is 1.75 bits per heavy atom. The zero-order valence-corrected chi connectivity index (χ0v) is 11.3. The van der Waals surface area contributed by atoms with Gasteiger partial charge in [-0.3, -0.25) is 0 Å². The molecule has 0 amide bonds. The molecule has 1 atom stereocenters. The molecule has 0 bridgehead atoms. The number of halogens is 2. The van der Waals surface area contributed by atoms with E-state index < -0.39 is 0 Å². The molecule has 5 heteroatoms. The number of aromatic nitrogens is 2. The summed E-state index contributed by atoms with van der Waals surface area (Å²) in [6, 6.07) is 0. The third-order valence-electron chi connectivity index (χ3n) is 2.37. The number of nitrogens with zero attached hydrogens (tertiary/aromatic N) is 2. The standard InChI is InChI=1S/C11H16Cl2N2O/c1-4-6-7-9(12)14-11(15-10(7)13)8(5-2)16-3/h8H,4-6H2,1-3H3. The van der Waals surface area contributed by atoms with Gasteiger partial charge in [0, 0.05) is 12.7 Å². The highest BCUT2D eigenvalue weighted by atomic mass is 35.5. The Morgan fingerprint density at radius 1 is 1.19 bits per heavy atom. The second-order valence-electron chi connectivity index (χ2n) is 3.52. The lowest BCUT2D eigenvalue weighted by atomic mass is 10.2. The first-order valence-electron chi connectivity index (χ1n) is 5.38. The third kappa shape index (κ3) is 3.06. The molecule has 0 saturated heterocycles. The Morgan fingerprint density at radius 3 is 2.12 bits per heavy atom. The molecule has 0 aliphatic rings. The summed E-state index contributed by atoms with van der Waals surface area (Å²) in [5.41, 5.74) is 0.820. The lowest BCUT2D eigenvalue weighted by molar-refractivity contribution is 0.0925. The maximum atomic E-state index is 6.08. The fraction of sp³-hybridized carbons (Fsp3) is 0.636. The number of hydrogen-bond donors (Lipinski definition) is 0. The number of hydrogen-bond acceptors (Lipinski definition) is 3. The van der Waals surface area contributed by atoms with E-state index in [9.17, 15) is 0 Å². The maximum Gasteiger partial charge on any atom is 0.160 e. The third-order valence-corrected chi connectivity index (χ3v) is 2.99. The van der Waals surface area contributed by atoms with E-state index in [0.717, 1.165) is 24.8 Å². The second kappa shape index (κ2) is 6.38. The summed E-state index contributed by atoms with van der Waals surface area (Å²) in [4.78, 5) is 8.48. The molecule has 1 aromatic heterocycles. The van der Waals surface area contributed by atoms with Gasteiger partial charge in [-0.15, -0.1) is 0 Å². The first kappa shape index (κ1) is 13.7. The summed E-state index contributed by atoms with van der Waals surface area (Å²) in [5.74, 6) is 0.555. The van der Waals surface area contributed by atoms with Gasteiger partial charge in [-0.05, 0) is 12.8 Å². The highest BCUT2D eigenvalue weighted by Crippen LogP contribution is 2.26. The Bertz CT molecular complexity index is 331. The van der Waals surface area contributed by atoms with E-state index >= 15 is 0 Å². The van der Waals surface area contributed by atoms with Gasteiger partial charge in [0.2, 0.25) is 0 Å². The van der Waals surface area contributed by atoms with Crippen LogP contribution in [0.5, 0.6) is 0 Å². The first-order chi connectivity index (χ1) is 7.63. The van der Waals surface area contributed by atoms with Crippen LogP contribution in [0.1, 0.15) is 44.2 Å². The molecule has 16 heavy (non-hydrogen) atoms. The maximum absolute atomic E-state index is 6.08. The van der Waals surface area contributed by atoms with E-state index in [1.54, 1.807) is 7.11 Å². The summed E-state index contributed by atoms with van der Waals surface area (Å²) in [6.07, 6.45) is 2.40. The minimum atomic E-state index is -0.148. The number of ether oxygens (including phenoxy) is 1. The van der Waals surface area contributed by atoms with Gasteiger partial charge >= 0.3 is 0 Å². The minimum Gasteiger partial charge on any atom is -0.373 e. The largest absolute Gasteiger partial charge is 0.373 e. The van der Waals surface area contributed by atoms with E-state index in [1.165, 1.54) is 0 Å². The Balaban J connectivity index is 3.08. The van der Waals surface area contributed by atoms with Crippen LogP contribution in [-0.2, 0) is 11.2 Å². The lowest BCUT2D eigenvalue weighted by Crippen LogP contribution is -2.08. The number of methoxy groups -OCH3 is 1. The topological polar surface area (TPSA) is 35.0 Å². The Labute approximate surface area is 106 Å². The summed E-state index contributed by atoms with van der Waals surface area (Å²) >= 11 is 12.2. The van der Waals surface area contributed by atoms with Crippen LogP contribution < -0.4 is 0 Å². The average Bonchev–Trinajstić information content (AvgIpc) is 2.25. The predicted octanol–water partition coefficient (Wildman–Crippen LogP) is 3.83. The Kier molecular flexibility index (Phi) is 5.46. The van der Waals surface area contributed by atoms with Crippen LogP contribution in [0.2, 0.25) is 10.3 Å². The van der Waals surface area contributed by atoms with Gasteiger partial charge < -0.3 is 4.74 Å². The lowest BCUT2D eigenvalue weighted by Gasteiger charge is -2.13. The van der Waals surface area contributed by atoms with Gasteiger partial charge in [-0.1, -0.05) is 43.5 Å². The van der Waals surface area contributed by atoms with Crippen molar-refractivity contribution < 1.29 is 4.74 Å². The van der Waals surface area contributed by atoms with E-state index in [1.807, 2.05) is 6.92 Å². The van der Waals surface area contributed by atoms with Crippen molar-refractivity contribution in [2.24, 2.45) is 0 Å². The molecule has 3 nitrogen and oxygen atoms in total. The van der Waals surface area contributed by atoms with Crippen molar-refractivity contribution in [3.63, 3.8) is 0 Å². The molecule has 0 saturated carbocycles. The molecule has 0 spiro atoms. The van der Waals surface area contributed by atoms with Crippen LogP contribution in [0, 0.1) is 0 Å². The molecular formula is C11H16Cl2N2O. The van der Waals surface area contributed by atoms with Crippen LogP contribution in [0.25, 0.3) is 0 Å². The van der Waals surface area contributed by atoms with Crippen molar-refractivity contribution in [1.82, 2.24) is 9.97 Å². The van der Waals surface area contributed by atoms with Crippen LogP contribution >= 0.6 is 23.2 Å². The molecule has 0 N–H and O–H groups in total. The van der Waals surface area contributed by atoms with Crippen LogP contribution in [0.4, 0.5) is 0 Å². The summed E-state index contributed by atoms with van der Waals surface area (Å²) in [7, 11) is 1.62. The monoisotopic (exact) mass is 262 g/mol. The molecule has 1 heterocycles. The van der Waals surface area contributed by atoms with Gasteiger partial charge in [0.25, 0.3) is 0 Å². The fourth-order valence-electron chi connectivity index (χ4n) is 1.50. The molecular weight excluding hydrogens is 247 g/mol. The zero-order valence-electron chi connectivity index (χ0n) is 9.76. The highest BCUT2D eigenvalue weighted by Gasteiger charge is 2.16. The summed E-state index contributed by atoms with van der Waals surface area (Å²) in [5, 5.41) is 0.875. The van der Waals surface area contributed by atoms with E-state index in [2.05, 4.69) is 16.9 Å². The van der Waals surface area contributed by atoms with Gasteiger partial charge in [-0.25, -0.2) is 9.97 Å². The quantitative estimate of drug-likeness (QED) is 0.757. The van der Waals surface area contributed by atoms with Gasteiger partial charge in [-0.2, -0.15) is 0 Å². The van der Waals surface area contributed by atoms with Crippen molar-refractivity contribution in [1.29, 1.82) is 0 Å². The SMILES string of the molecule is CCCc1c(Cl)nc(C(CC)OC)nc1Cl. The smallest absolute Gasteiger partial charge is 0.160 e. The van der Waals surface area contributed by atoms with Crippen molar-refractivity contribution in [2.75, 3.05) is 7.11 Å². The average molecular weight is 263 g/mol. The fourth-order valence-corrected chi connectivity index (χ4v) is 2.09. The predicted molar refractivity (Wildman–Crippen MR) is 66.1 cm³/mol. The van der Waals surface area contributed by atoms with Crippen molar-refractivity contribution >= 4 is 23.2 Å². The number of rotatable bonds is 5. The molecule has 1 unspecified atom stereocenters. The molecule has 0 aliphatic carbocycles. The molecule has 0 fully saturated rings. The van der Waals surface area contributed by atoms with Gasteiger partial charge in [0.05, 0.1) is 0 Å². The molecule has 0 radical (unpaired) electrons. The van der Waals surface area contributed by atoms with Crippen molar-refractivity contribution in [2.45, 2.75) is 39.2 Å². The molecule has 0 aromatic carbocycles. The second-order valence-corrected chi connectivity index (χ2v) is 4.24. The van der Waals surface area contributed by atoms with Crippen molar-refractivity contribution in [3.05, 3.63) is 21.7 Å². The van der Waals surface area contributed by atoms with Crippen LogP contribution in [-0.4, -0.2) is 17.1 Å². The normalized spacial score (nSPS) is 12.8. The zero-order chi connectivity index (χ0) is 12.1. The molecule has 0 aliphatic heterocycles. The highest BCUT2D eigenvalue weighted by molar-refractivity contribution is 6.34. The van der Waals surface area contributed by atoms with E-state index in [0.29, 0.717) is 16.1 Å². The van der Waals surface area contributed by atoms with Crippen LogP contribution in [0.3, 0.4) is 0 Å². The van der Waals surface area contributed by atoms with E-state index in [-0.39, 0.29) is 6.10 Å². The van der Waals surface area contributed by atoms with Crippen LogP contribution in [0.15, 0.2) is 0 Å². The first-order valence-corrected chi connectivity index (χ1v) is 6.14. The Hall–Kier alpha value is -0.380. The minimum absolute atomic E-state index is 0.148. The molecule has 1 aromatic rings. The molecule has 90 valence electrons. The summed E-state index contributed by atoms with van der Waals surface area (Å²) < 4.78 is 5.25. The molecule has 1 rings (SSSR count). The van der Waals surface area contributed by atoms with Gasteiger partial charge in [0.1, 0.15) is 16.4 Å². The van der Waals surface area contributed by atoms with E-state index in [4.69, 9.17) is 27.9 Å². The van der Waals surface area contributed by atoms with Crippen molar-refractivity contribution in [3.8, 4) is 0 Å².